The summed E-state index contributed by atoms with van der Waals surface area (Å²) in [7, 11) is 3.92. The Kier molecular flexibility index (Phi) is 3.78. The van der Waals surface area contributed by atoms with E-state index in [0.29, 0.717) is 6.04 Å². The molecule has 1 aromatic heterocycles. The third kappa shape index (κ3) is 3.30. The van der Waals surface area contributed by atoms with E-state index in [1.165, 1.54) is 0 Å². The third-order valence-corrected chi connectivity index (χ3v) is 3.16. The first-order valence-corrected chi connectivity index (χ1v) is 6.09. The zero-order chi connectivity index (χ0) is 12.3. The third-order valence-electron chi connectivity index (χ3n) is 3.16. The minimum atomic E-state index is -0.115. The molecule has 2 rings (SSSR count). The number of nitrogens with one attached hydrogen (secondary N) is 1. The van der Waals surface area contributed by atoms with Gasteiger partial charge in [0.25, 0.3) is 0 Å². The Bertz CT molecular complexity index is 361. The Morgan fingerprint density at radius 3 is 2.59 bits per heavy atom. The minimum absolute atomic E-state index is 0.115. The van der Waals surface area contributed by atoms with Gasteiger partial charge >= 0.3 is 0 Å². The summed E-state index contributed by atoms with van der Waals surface area (Å²) in [6.07, 6.45) is 5.23. The number of hydrogen-bond donors (Lipinski definition) is 2. The van der Waals surface area contributed by atoms with Crippen LogP contribution in [0.5, 0.6) is 0 Å². The van der Waals surface area contributed by atoms with Crippen molar-refractivity contribution in [3.63, 3.8) is 0 Å². The SMILES string of the molecule is CN(C)c1cc(NC2CCC(O)CC2)ncn1. The second-order valence-electron chi connectivity index (χ2n) is 4.81. The van der Waals surface area contributed by atoms with Gasteiger partial charge in [0, 0.05) is 26.2 Å². The van der Waals surface area contributed by atoms with Crippen molar-refractivity contribution >= 4 is 11.6 Å². The summed E-state index contributed by atoms with van der Waals surface area (Å²) in [4.78, 5) is 10.4. The molecule has 1 heterocycles. The van der Waals surface area contributed by atoms with Crippen molar-refractivity contribution in [3.8, 4) is 0 Å². The van der Waals surface area contributed by atoms with E-state index < -0.39 is 0 Å². The number of nitrogens with zero attached hydrogens (tertiary/aromatic N) is 3. The fourth-order valence-electron chi connectivity index (χ4n) is 2.10. The van der Waals surface area contributed by atoms with Gasteiger partial charge in [0.05, 0.1) is 6.10 Å². The van der Waals surface area contributed by atoms with Crippen molar-refractivity contribution in [2.75, 3.05) is 24.3 Å². The van der Waals surface area contributed by atoms with E-state index >= 15 is 0 Å². The molecule has 0 bridgehead atoms. The molecular weight excluding hydrogens is 216 g/mol. The highest BCUT2D eigenvalue weighted by Gasteiger charge is 2.19. The molecule has 0 saturated heterocycles. The summed E-state index contributed by atoms with van der Waals surface area (Å²) in [5.41, 5.74) is 0. The summed E-state index contributed by atoms with van der Waals surface area (Å²) in [5.74, 6) is 1.77. The number of rotatable bonds is 3. The standard InChI is InChI=1S/C12H20N4O/c1-16(2)12-7-11(13-8-14-12)15-9-3-5-10(17)6-4-9/h7-10,17H,3-6H2,1-2H3,(H,13,14,15). The predicted octanol–water partition coefficient (Wildman–Crippen LogP) is 1.26. The van der Waals surface area contributed by atoms with E-state index in [2.05, 4.69) is 15.3 Å². The van der Waals surface area contributed by atoms with Gasteiger partial charge in [0.2, 0.25) is 0 Å². The zero-order valence-corrected chi connectivity index (χ0v) is 10.4. The van der Waals surface area contributed by atoms with E-state index in [0.717, 1.165) is 37.3 Å². The Morgan fingerprint density at radius 1 is 1.24 bits per heavy atom. The molecule has 0 unspecified atom stereocenters. The summed E-state index contributed by atoms with van der Waals surface area (Å²) in [6.45, 7) is 0. The molecule has 2 N–H and O–H groups in total. The Labute approximate surface area is 102 Å². The first-order chi connectivity index (χ1) is 8.15. The van der Waals surface area contributed by atoms with E-state index in [1.54, 1.807) is 6.33 Å². The molecule has 0 spiro atoms. The molecule has 0 aliphatic heterocycles. The molecule has 0 atom stereocenters. The molecule has 0 radical (unpaired) electrons. The largest absolute Gasteiger partial charge is 0.393 e. The molecule has 1 aliphatic carbocycles. The van der Waals surface area contributed by atoms with E-state index in [-0.39, 0.29) is 6.10 Å². The van der Waals surface area contributed by atoms with Crippen molar-refractivity contribution in [2.24, 2.45) is 0 Å². The molecule has 1 saturated carbocycles. The summed E-state index contributed by atoms with van der Waals surface area (Å²) >= 11 is 0. The van der Waals surface area contributed by atoms with E-state index in [9.17, 15) is 5.11 Å². The van der Waals surface area contributed by atoms with Gasteiger partial charge in [-0.3, -0.25) is 0 Å². The molecule has 5 nitrogen and oxygen atoms in total. The molecule has 1 aromatic rings. The van der Waals surface area contributed by atoms with Gasteiger partial charge < -0.3 is 15.3 Å². The normalized spacial score (nSPS) is 24.4. The van der Waals surface area contributed by atoms with Crippen molar-refractivity contribution in [3.05, 3.63) is 12.4 Å². The maximum Gasteiger partial charge on any atom is 0.133 e. The molecular formula is C12H20N4O. The van der Waals surface area contributed by atoms with Gasteiger partial charge in [0.15, 0.2) is 0 Å². The quantitative estimate of drug-likeness (QED) is 0.827. The summed E-state index contributed by atoms with van der Waals surface area (Å²) in [5, 5.41) is 12.9. The Morgan fingerprint density at radius 2 is 1.94 bits per heavy atom. The highest BCUT2D eigenvalue weighted by atomic mass is 16.3. The van der Waals surface area contributed by atoms with Crippen LogP contribution in [0.25, 0.3) is 0 Å². The van der Waals surface area contributed by atoms with Crippen molar-refractivity contribution in [2.45, 2.75) is 37.8 Å². The lowest BCUT2D eigenvalue weighted by Crippen LogP contribution is -2.28. The van der Waals surface area contributed by atoms with Crippen molar-refractivity contribution < 1.29 is 5.11 Å². The second-order valence-corrected chi connectivity index (χ2v) is 4.81. The van der Waals surface area contributed by atoms with Crippen LogP contribution in [0.4, 0.5) is 11.6 Å². The lowest BCUT2D eigenvalue weighted by Gasteiger charge is -2.26. The fourth-order valence-corrected chi connectivity index (χ4v) is 2.10. The van der Waals surface area contributed by atoms with Crippen LogP contribution in [0.1, 0.15) is 25.7 Å². The molecule has 0 aromatic carbocycles. The molecule has 5 heteroatoms. The molecule has 0 amide bonds. The molecule has 1 aliphatic rings. The van der Waals surface area contributed by atoms with E-state index in [1.807, 2.05) is 25.1 Å². The number of aromatic nitrogens is 2. The summed E-state index contributed by atoms with van der Waals surface area (Å²) in [6, 6.07) is 2.37. The maximum atomic E-state index is 9.45. The fraction of sp³-hybridized carbons (Fsp3) is 0.667. The highest BCUT2D eigenvalue weighted by Crippen LogP contribution is 2.22. The molecule has 17 heavy (non-hydrogen) atoms. The van der Waals surface area contributed by atoms with Crippen LogP contribution in [0.15, 0.2) is 12.4 Å². The van der Waals surface area contributed by atoms with Crippen LogP contribution >= 0.6 is 0 Å². The van der Waals surface area contributed by atoms with Gasteiger partial charge in [-0.25, -0.2) is 9.97 Å². The average molecular weight is 236 g/mol. The first-order valence-electron chi connectivity index (χ1n) is 6.09. The van der Waals surface area contributed by atoms with Gasteiger partial charge in [-0.1, -0.05) is 0 Å². The Balaban J connectivity index is 1.96. The van der Waals surface area contributed by atoms with Gasteiger partial charge in [-0.05, 0) is 25.7 Å². The van der Waals surface area contributed by atoms with Crippen LogP contribution in [-0.4, -0.2) is 41.3 Å². The van der Waals surface area contributed by atoms with Crippen LogP contribution in [0, 0.1) is 0 Å². The number of aliphatic hydroxyl groups excluding tert-OH is 1. The summed E-state index contributed by atoms with van der Waals surface area (Å²) < 4.78 is 0. The number of anilines is 2. The zero-order valence-electron chi connectivity index (χ0n) is 10.4. The van der Waals surface area contributed by atoms with Gasteiger partial charge in [-0.15, -0.1) is 0 Å². The van der Waals surface area contributed by atoms with Crippen molar-refractivity contribution in [1.82, 2.24) is 9.97 Å². The Hall–Kier alpha value is -1.36. The topological polar surface area (TPSA) is 61.3 Å². The average Bonchev–Trinajstić information content (AvgIpc) is 2.32. The second kappa shape index (κ2) is 5.31. The lowest BCUT2D eigenvalue weighted by molar-refractivity contribution is 0.126. The predicted molar refractivity (Wildman–Crippen MR) is 68.2 cm³/mol. The van der Waals surface area contributed by atoms with Gasteiger partial charge in [-0.2, -0.15) is 0 Å². The van der Waals surface area contributed by atoms with Crippen LogP contribution in [0.3, 0.4) is 0 Å². The van der Waals surface area contributed by atoms with Crippen LogP contribution in [-0.2, 0) is 0 Å². The van der Waals surface area contributed by atoms with Crippen LogP contribution < -0.4 is 10.2 Å². The monoisotopic (exact) mass is 236 g/mol. The number of hydrogen-bond acceptors (Lipinski definition) is 5. The maximum absolute atomic E-state index is 9.45. The van der Waals surface area contributed by atoms with Gasteiger partial charge in [0.1, 0.15) is 18.0 Å². The number of aliphatic hydroxyl groups is 1. The molecule has 1 fully saturated rings. The van der Waals surface area contributed by atoms with Crippen molar-refractivity contribution in [1.29, 1.82) is 0 Å². The molecule has 94 valence electrons. The highest BCUT2D eigenvalue weighted by molar-refractivity contribution is 5.47. The van der Waals surface area contributed by atoms with Crippen LogP contribution in [0.2, 0.25) is 0 Å². The smallest absolute Gasteiger partial charge is 0.133 e. The van der Waals surface area contributed by atoms with E-state index in [4.69, 9.17) is 0 Å². The minimum Gasteiger partial charge on any atom is -0.393 e. The lowest BCUT2D eigenvalue weighted by atomic mass is 9.93. The first kappa shape index (κ1) is 12.1.